The summed E-state index contributed by atoms with van der Waals surface area (Å²) in [5, 5.41) is 0. The van der Waals surface area contributed by atoms with Gasteiger partial charge in [-0.15, -0.1) is 0 Å². The average molecular weight is 371 g/mol. The molecule has 2 N–H and O–H groups in total. The van der Waals surface area contributed by atoms with E-state index in [1.807, 2.05) is 0 Å². The third kappa shape index (κ3) is 4.55. The number of primary amides is 1. The van der Waals surface area contributed by atoms with E-state index in [0.29, 0.717) is 28.9 Å². The fraction of sp³-hybridized carbons (Fsp3) is 0.435. The molecular weight excluding hydrogens is 344 g/mol. The minimum absolute atomic E-state index is 0.183. The lowest BCUT2D eigenvalue weighted by Crippen LogP contribution is -2.21. The first-order chi connectivity index (χ1) is 12.8. The Balaban J connectivity index is 1.71. The van der Waals surface area contributed by atoms with E-state index in [-0.39, 0.29) is 16.9 Å². The fourth-order valence-corrected chi connectivity index (χ4v) is 3.97. The molecule has 1 amide bonds. The Labute approximate surface area is 159 Å². The number of benzene rings is 2. The third-order valence-corrected chi connectivity index (χ3v) is 5.91. The Morgan fingerprint density at radius 3 is 2.48 bits per heavy atom. The van der Waals surface area contributed by atoms with Crippen molar-refractivity contribution in [2.24, 2.45) is 17.1 Å². The summed E-state index contributed by atoms with van der Waals surface area (Å²) >= 11 is 0. The highest BCUT2D eigenvalue weighted by Gasteiger charge is 2.26. The van der Waals surface area contributed by atoms with Crippen LogP contribution in [0, 0.1) is 23.0 Å². The molecule has 4 heteroatoms. The largest absolute Gasteiger partial charge is 0.366 e. The highest BCUT2D eigenvalue weighted by atomic mass is 19.1. The van der Waals surface area contributed by atoms with Crippen molar-refractivity contribution in [1.82, 2.24) is 0 Å². The Kier molecular flexibility index (Phi) is 5.64. The number of rotatable bonds is 5. The van der Waals surface area contributed by atoms with Gasteiger partial charge in [0.2, 0.25) is 0 Å². The number of hydrogen-bond donors (Lipinski definition) is 1. The van der Waals surface area contributed by atoms with Gasteiger partial charge in [-0.1, -0.05) is 38.1 Å². The molecule has 2 aromatic carbocycles. The number of halogens is 2. The molecule has 0 heterocycles. The Bertz CT molecular complexity index is 834. The minimum atomic E-state index is -0.831. The van der Waals surface area contributed by atoms with Crippen molar-refractivity contribution in [3.63, 3.8) is 0 Å². The van der Waals surface area contributed by atoms with E-state index in [0.717, 1.165) is 6.42 Å². The molecule has 0 aromatic heterocycles. The molecule has 0 unspecified atom stereocenters. The maximum atomic E-state index is 14.6. The smallest absolute Gasteiger partial charge is 0.251 e. The van der Waals surface area contributed by atoms with Gasteiger partial charge in [0, 0.05) is 5.56 Å². The molecule has 1 aliphatic rings. The molecule has 1 saturated carbocycles. The molecule has 0 atom stereocenters. The lowest BCUT2D eigenvalue weighted by molar-refractivity contribution is 0.0996. The van der Waals surface area contributed by atoms with Crippen molar-refractivity contribution in [2.45, 2.75) is 52.4 Å². The van der Waals surface area contributed by atoms with E-state index in [1.54, 1.807) is 18.2 Å². The Morgan fingerprint density at radius 1 is 1.15 bits per heavy atom. The first-order valence-corrected chi connectivity index (χ1v) is 9.64. The Morgan fingerprint density at radius 2 is 1.85 bits per heavy atom. The van der Waals surface area contributed by atoms with E-state index in [9.17, 15) is 13.6 Å². The van der Waals surface area contributed by atoms with Crippen LogP contribution in [-0.2, 0) is 6.42 Å². The number of carbonyl (C=O) groups excluding carboxylic acids is 1. The number of hydrogen-bond acceptors (Lipinski definition) is 1. The molecule has 1 fully saturated rings. The van der Waals surface area contributed by atoms with Gasteiger partial charge in [0.05, 0.1) is 5.56 Å². The molecule has 3 rings (SSSR count). The predicted molar refractivity (Wildman–Crippen MR) is 104 cm³/mol. The summed E-state index contributed by atoms with van der Waals surface area (Å²) in [5.74, 6) is -1.21. The summed E-state index contributed by atoms with van der Waals surface area (Å²) in [4.78, 5) is 11.3. The summed E-state index contributed by atoms with van der Waals surface area (Å²) in [6.45, 7) is 4.63. The normalized spacial score (nSPS) is 17.0. The summed E-state index contributed by atoms with van der Waals surface area (Å²) in [6, 6.07) is 9.20. The molecule has 144 valence electrons. The van der Waals surface area contributed by atoms with Crippen LogP contribution in [0.3, 0.4) is 0 Å². The summed E-state index contributed by atoms with van der Waals surface area (Å²) in [5.41, 5.74) is 6.71. The van der Waals surface area contributed by atoms with Crippen molar-refractivity contribution in [2.75, 3.05) is 0 Å². The monoisotopic (exact) mass is 371 g/mol. The lowest BCUT2D eigenvalue weighted by atomic mass is 9.72. The predicted octanol–water partition coefficient (Wildman–Crippen LogP) is 5.88. The number of aryl methyl sites for hydroxylation is 1. The van der Waals surface area contributed by atoms with Crippen LogP contribution in [-0.4, -0.2) is 5.91 Å². The van der Waals surface area contributed by atoms with Gasteiger partial charge in [-0.05, 0) is 73.1 Å². The number of nitrogens with two attached hydrogens (primary N) is 1. The van der Waals surface area contributed by atoms with Crippen molar-refractivity contribution >= 4 is 5.91 Å². The standard InChI is InChI=1S/C23H27F2NO/c1-23(2)12-10-15(11-13-23)6-7-16-8-9-17(14-20(16)24)18-4-3-5-19(21(18)25)22(26)27/h3-5,8-9,14-15H,6-7,10-13H2,1-2H3,(H2,26,27). The quantitative estimate of drug-likeness (QED) is 0.701. The van der Waals surface area contributed by atoms with Crippen LogP contribution in [0.25, 0.3) is 11.1 Å². The molecule has 2 nitrogen and oxygen atoms in total. The first-order valence-electron chi connectivity index (χ1n) is 9.64. The number of amides is 1. The van der Waals surface area contributed by atoms with E-state index < -0.39 is 11.7 Å². The molecule has 0 spiro atoms. The van der Waals surface area contributed by atoms with Gasteiger partial charge < -0.3 is 5.73 Å². The zero-order valence-electron chi connectivity index (χ0n) is 16.0. The average Bonchev–Trinajstić information content (AvgIpc) is 2.61. The topological polar surface area (TPSA) is 43.1 Å². The van der Waals surface area contributed by atoms with Gasteiger partial charge in [-0.2, -0.15) is 0 Å². The van der Waals surface area contributed by atoms with Gasteiger partial charge in [-0.3, -0.25) is 4.79 Å². The second kappa shape index (κ2) is 7.79. The number of carbonyl (C=O) groups is 1. The van der Waals surface area contributed by atoms with Gasteiger partial charge in [-0.25, -0.2) is 8.78 Å². The van der Waals surface area contributed by atoms with Crippen molar-refractivity contribution in [3.05, 3.63) is 59.2 Å². The van der Waals surface area contributed by atoms with E-state index >= 15 is 0 Å². The van der Waals surface area contributed by atoms with Crippen LogP contribution < -0.4 is 5.73 Å². The molecule has 1 aliphatic carbocycles. The molecule has 27 heavy (non-hydrogen) atoms. The summed E-state index contributed by atoms with van der Waals surface area (Å²) in [6.07, 6.45) is 6.55. The van der Waals surface area contributed by atoms with Gasteiger partial charge in [0.25, 0.3) is 5.91 Å². The minimum Gasteiger partial charge on any atom is -0.366 e. The lowest BCUT2D eigenvalue weighted by Gasteiger charge is -2.34. The second-order valence-corrected chi connectivity index (χ2v) is 8.48. The van der Waals surface area contributed by atoms with E-state index in [4.69, 9.17) is 5.73 Å². The van der Waals surface area contributed by atoms with Crippen LogP contribution in [0.4, 0.5) is 8.78 Å². The van der Waals surface area contributed by atoms with Crippen LogP contribution in [0.1, 0.15) is 61.9 Å². The Hall–Kier alpha value is -2.23. The zero-order chi connectivity index (χ0) is 19.6. The molecule has 0 radical (unpaired) electrons. The molecular formula is C23H27F2NO. The van der Waals surface area contributed by atoms with Crippen LogP contribution in [0.15, 0.2) is 36.4 Å². The van der Waals surface area contributed by atoms with Crippen molar-refractivity contribution < 1.29 is 13.6 Å². The van der Waals surface area contributed by atoms with Gasteiger partial charge in [0.15, 0.2) is 0 Å². The molecule has 0 aliphatic heterocycles. The van der Waals surface area contributed by atoms with Gasteiger partial charge >= 0.3 is 0 Å². The van der Waals surface area contributed by atoms with Gasteiger partial charge in [0.1, 0.15) is 11.6 Å². The first kappa shape index (κ1) is 19.5. The van der Waals surface area contributed by atoms with Crippen molar-refractivity contribution in [1.29, 1.82) is 0 Å². The molecule has 0 saturated heterocycles. The molecule has 2 aromatic rings. The maximum absolute atomic E-state index is 14.6. The summed E-state index contributed by atoms with van der Waals surface area (Å²) in [7, 11) is 0. The second-order valence-electron chi connectivity index (χ2n) is 8.48. The third-order valence-electron chi connectivity index (χ3n) is 5.91. The highest BCUT2D eigenvalue weighted by Crippen LogP contribution is 2.39. The van der Waals surface area contributed by atoms with E-state index in [1.165, 1.54) is 43.9 Å². The summed E-state index contributed by atoms with van der Waals surface area (Å²) < 4.78 is 29.1. The van der Waals surface area contributed by atoms with Crippen molar-refractivity contribution in [3.8, 4) is 11.1 Å². The van der Waals surface area contributed by atoms with Crippen LogP contribution in [0.5, 0.6) is 0 Å². The zero-order valence-corrected chi connectivity index (χ0v) is 16.0. The fourth-order valence-electron chi connectivity index (χ4n) is 3.97. The highest BCUT2D eigenvalue weighted by molar-refractivity contribution is 5.94. The maximum Gasteiger partial charge on any atom is 0.251 e. The SMILES string of the molecule is CC1(C)CCC(CCc2ccc(-c3cccc(C(N)=O)c3F)cc2F)CC1. The van der Waals surface area contributed by atoms with Crippen LogP contribution in [0.2, 0.25) is 0 Å². The molecule has 0 bridgehead atoms. The van der Waals surface area contributed by atoms with E-state index in [2.05, 4.69) is 13.8 Å². The van der Waals surface area contributed by atoms with Crippen LogP contribution >= 0.6 is 0 Å².